The molecule has 195 valence electrons. The number of ether oxygens (including phenoxy) is 1. The van der Waals surface area contributed by atoms with Gasteiger partial charge in [0.1, 0.15) is 34.7 Å². The first-order valence-corrected chi connectivity index (χ1v) is 14.4. The molecule has 0 N–H and O–H groups in total. The second-order valence-corrected chi connectivity index (χ2v) is 12.2. The standard InChI is InChI=1S/C25H27BBrClFN4O3S/c1-26-33(25-9-10-30-15-31-25)37(34,35)24-13-19(28)23(14-20(24)29)36-22-8-7-17(12-21(22)32(2)3)16-5-4-6-18(27)11-16/h4-6,9-11,13-15,17,21-22H,7-8,12H2,1-3H3/t17-,21-,22-/m0/s1. The van der Waals surface area contributed by atoms with Gasteiger partial charge in [-0.1, -0.05) is 46.5 Å². The molecule has 3 aromatic rings. The highest BCUT2D eigenvalue weighted by Crippen LogP contribution is 2.39. The van der Waals surface area contributed by atoms with Crippen molar-refractivity contribution in [2.45, 2.75) is 49.0 Å². The molecule has 4 rings (SSSR count). The van der Waals surface area contributed by atoms with Gasteiger partial charge in [-0.3, -0.25) is 0 Å². The maximum absolute atomic E-state index is 15.3. The van der Waals surface area contributed by atoms with Gasteiger partial charge in [-0.2, -0.15) is 0 Å². The van der Waals surface area contributed by atoms with Gasteiger partial charge in [0.15, 0.2) is 0 Å². The molecule has 2 aromatic carbocycles. The average molecular weight is 609 g/mol. The Morgan fingerprint density at radius 1 is 1.19 bits per heavy atom. The first kappa shape index (κ1) is 27.8. The van der Waals surface area contributed by atoms with E-state index in [0.717, 1.165) is 40.1 Å². The first-order chi connectivity index (χ1) is 17.6. The van der Waals surface area contributed by atoms with Gasteiger partial charge in [0.2, 0.25) is 0 Å². The second kappa shape index (κ2) is 11.7. The average Bonchev–Trinajstić information content (AvgIpc) is 2.87. The summed E-state index contributed by atoms with van der Waals surface area (Å²) in [5.74, 6) is -0.388. The monoisotopic (exact) mass is 607 g/mol. The van der Waals surface area contributed by atoms with Crippen LogP contribution >= 0.6 is 27.5 Å². The lowest BCUT2D eigenvalue weighted by atomic mass is 9.79. The Hall–Kier alpha value is -2.21. The number of anilines is 1. The minimum absolute atomic E-state index is 0.0188. The molecule has 1 radical (unpaired) electrons. The van der Waals surface area contributed by atoms with E-state index >= 15 is 4.39 Å². The topological polar surface area (TPSA) is 75.6 Å². The molecule has 0 bridgehead atoms. The van der Waals surface area contributed by atoms with E-state index in [1.54, 1.807) is 0 Å². The molecule has 1 aromatic heterocycles. The number of halogens is 3. The number of nitrogens with zero attached hydrogens (tertiary/aromatic N) is 4. The van der Waals surface area contributed by atoms with Crippen LogP contribution in [0.2, 0.25) is 11.8 Å². The zero-order chi connectivity index (χ0) is 26.7. The lowest BCUT2D eigenvalue weighted by Gasteiger charge is -2.40. The zero-order valence-corrected chi connectivity index (χ0v) is 23.8. The van der Waals surface area contributed by atoms with Crippen LogP contribution in [0.25, 0.3) is 0 Å². The van der Waals surface area contributed by atoms with Crippen molar-refractivity contribution in [1.82, 2.24) is 14.9 Å². The minimum Gasteiger partial charge on any atom is -0.487 e. The van der Waals surface area contributed by atoms with E-state index in [1.807, 2.05) is 26.2 Å². The fourth-order valence-electron chi connectivity index (χ4n) is 4.74. The fraction of sp³-hybridized carbons (Fsp3) is 0.360. The summed E-state index contributed by atoms with van der Waals surface area (Å²) in [5.41, 5.74) is 1.26. The van der Waals surface area contributed by atoms with Crippen molar-refractivity contribution in [1.29, 1.82) is 0 Å². The Balaban J connectivity index is 1.57. The van der Waals surface area contributed by atoms with Gasteiger partial charge in [0.25, 0.3) is 17.4 Å². The van der Waals surface area contributed by atoms with Crippen LogP contribution in [-0.2, 0) is 10.0 Å². The van der Waals surface area contributed by atoms with Gasteiger partial charge in [-0.05, 0) is 69.1 Å². The van der Waals surface area contributed by atoms with Crippen LogP contribution in [0.3, 0.4) is 0 Å². The molecule has 1 heterocycles. The smallest absolute Gasteiger partial charge is 0.267 e. The number of hydrogen-bond donors (Lipinski definition) is 0. The van der Waals surface area contributed by atoms with Gasteiger partial charge in [-0.25, -0.2) is 22.8 Å². The normalized spacial score (nSPS) is 20.0. The molecular formula is C25H27BBrClFN4O3S. The van der Waals surface area contributed by atoms with Crippen LogP contribution in [0.4, 0.5) is 10.2 Å². The quantitative estimate of drug-likeness (QED) is 0.313. The Kier molecular flexibility index (Phi) is 8.78. The molecule has 1 aliphatic rings. The third kappa shape index (κ3) is 6.11. The van der Waals surface area contributed by atoms with E-state index in [4.69, 9.17) is 16.3 Å². The summed E-state index contributed by atoms with van der Waals surface area (Å²) < 4.78 is 49.9. The maximum atomic E-state index is 15.3. The molecule has 1 saturated carbocycles. The molecule has 7 nitrogen and oxygen atoms in total. The molecule has 3 atom stereocenters. The fourth-order valence-corrected chi connectivity index (χ4v) is 6.84. The summed E-state index contributed by atoms with van der Waals surface area (Å²) in [6, 6.07) is 11.9. The summed E-state index contributed by atoms with van der Waals surface area (Å²) in [7, 11) is 0.962. The van der Waals surface area contributed by atoms with Crippen molar-refractivity contribution < 1.29 is 17.5 Å². The molecule has 0 amide bonds. The highest BCUT2D eigenvalue weighted by Gasteiger charge is 2.35. The van der Waals surface area contributed by atoms with E-state index in [9.17, 15) is 8.42 Å². The van der Waals surface area contributed by atoms with Crippen molar-refractivity contribution in [3.63, 3.8) is 0 Å². The van der Waals surface area contributed by atoms with Crippen molar-refractivity contribution in [3.05, 3.63) is 75.9 Å². The SMILES string of the molecule is C[B]N(c1ccncn1)S(=O)(=O)c1cc(Cl)c(O[C@H]2CC[C@H](c3cccc(Br)c3)C[C@@H]2N(C)C)cc1F. The number of sulfonamides is 1. The van der Waals surface area contributed by atoms with Gasteiger partial charge in [-0.15, -0.1) is 0 Å². The third-order valence-corrected chi connectivity index (χ3v) is 9.14. The third-order valence-electron chi connectivity index (χ3n) is 6.57. The highest BCUT2D eigenvalue weighted by atomic mass is 79.9. The Bertz CT molecular complexity index is 1350. The molecule has 0 aliphatic heterocycles. The number of likely N-dealkylation sites (N-methyl/N-ethyl adjacent to an activating group) is 1. The van der Waals surface area contributed by atoms with Crippen LogP contribution in [-0.4, -0.2) is 56.9 Å². The van der Waals surface area contributed by atoms with Gasteiger partial charge < -0.3 is 13.9 Å². The number of aromatic nitrogens is 2. The summed E-state index contributed by atoms with van der Waals surface area (Å²) in [6.07, 6.45) is 4.89. The van der Waals surface area contributed by atoms with Crippen molar-refractivity contribution in [2.75, 3.05) is 18.3 Å². The van der Waals surface area contributed by atoms with Gasteiger partial charge in [0, 0.05) is 22.8 Å². The number of rotatable bonds is 8. The van der Waals surface area contributed by atoms with Crippen LogP contribution in [0.15, 0.2) is 64.4 Å². The summed E-state index contributed by atoms with van der Waals surface area (Å²) in [5, 5.41) is 0.0188. The molecule has 0 spiro atoms. The predicted molar refractivity (Wildman–Crippen MR) is 147 cm³/mol. The van der Waals surface area contributed by atoms with E-state index in [0.29, 0.717) is 5.92 Å². The lowest BCUT2D eigenvalue weighted by Crippen LogP contribution is -2.46. The van der Waals surface area contributed by atoms with Gasteiger partial charge >= 0.3 is 0 Å². The zero-order valence-electron chi connectivity index (χ0n) is 20.7. The van der Waals surface area contributed by atoms with Crippen LogP contribution in [0, 0.1) is 5.82 Å². The number of benzene rings is 2. The maximum Gasteiger partial charge on any atom is 0.267 e. The highest BCUT2D eigenvalue weighted by molar-refractivity contribution is 9.10. The largest absolute Gasteiger partial charge is 0.487 e. The molecule has 12 heteroatoms. The van der Waals surface area contributed by atoms with Crippen LogP contribution in [0.5, 0.6) is 5.75 Å². The molecule has 1 aliphatic carbocycles. The van der Waals surface area contributed by atoms with Crippen LogP contribution < -0.4 is 8.95 Å². The lowest BCUT2D eigenvalue weighted by molar-refractivity contribution is 0.0544. The van der Waals surface area contributed by atoms with E-state index < -0.39 is 20.7 Å². The molecule has 0 unspecified atom stereocenters. The minimum atomic E-state index is -4.31. The van der Waals surface area contributed by atoms with Crippen LogP contribution in [0.1, 0.15) is 30.7 Å². The van der Waals surface area contributed by atoms with Crippen molar-refractivity contribution in [3.8, 4) is 5.75 Å². The first-order valence-electron chi connectivity index (χ1n) is 11.8. The molecule has 1 fully saturated rings. The Labute approximate surface area is 231 Å². The predicted octanol–water partition coefficient (Wildman–Crippen LogP) is 5.54. The van der Waals surface area contributed by atoms with Crippen molar-refractivity contribution in [2.24, 2.45) is 0 Å². The van der Waals surface area contributed by atoms with Gasteiger partial charge in [0.05, 0.1) is 5.02 Å². The van der Waals surface area contributed by atoms with E-state index in [-0.39, 0.29) is 28.7 Å². The van der Waals surface area contributed by atoms with Crippen molar-refractivity contribution >= 4 is 50.8 Å². The molecular weight excluding hydrogens is 582 g/mol. The summed E-state index contributed by atoms with van der Waals surface area (Å²) >= 11 is 10.0. The molecule has 37 heavy (non-hydrogen) atoms. The second-order valence-electron chi connectivity index (χ2n) is 9.09. The summed E-state index contributed by atoms with van der Waals surface area (Å²) in [4.78, 5) is 9.30. The molecule has 0 saturated heterocycles. The Morgan fingerprint density at radius 3 is 2.62 bits per heavy atom. The number of hydrogen-bond acceptors (Lipinski definition) is 6. The van der Waals surface area contributed by atoms with E-state index in [2.05, 4.69) is 42.9 Å². The Morgan fingerprint density at radius 2 is 1.97 bits per heavy atom. The summed E-state index contributed by atoms with van der Waals surface area (Å²) in [6.45, 7) is 1.52. The van der Waals surface area contributed by atoms with E-state index in [1.165, 1.54) is 38.4 Å².